The summed E-state index contributed by atoms with van der Waals surface area (Å²) in [5.74, 6) is -1.05. The third-order valence-corrected chi connectivity index (χ3v) is 6.89. The van der Waals surface area contributed by atoms with Gasteiger partial charge < -0.3 is 15.0 Å². The summed E-state index contributed by atoms with van der Waals surface area (Å²) in [4.78, 5) is 29.2. The van der Waals surface area contributed by atoms with Gasteiger partial charge in [-0.2, -0.15) is 0 Å². The number of H-pyrrole nitrogens is 1. The van der Waals surface area contributed by atoms with E-state index in [1.165, 1.54) is 62.7 Å². The monoisotopic (exact) mass is 482 g/mol. The molecule has 1 unspecified atom stereocenters. The standard InChI is InChI=1S/C30H46N2O3/c1-3-4-5-6-7-8-9-10-11-12-13-14-15-16-17-22-29(33)32(2)28(30(34)35)23-25-24-31-27-21-19-18-20-26(25)27/h10-11,18-21,24,28,31H,3-9,12-17,22-23H2,1-2H3,(H,34,35)/b11-10-. The number of carbonyl (C=O) groups is 2. The molecule has 0 fully saturated rings. The predicted octanol–water partition coefficient (Wildman–Crippen LogP) is 7.66. The molecule has 5 heteroatoms. The average Bonchev–Trinajstić information content (AvgIpc) is 3.27. The van der Waals surface area contributed by atoms with Crippen LogP contribution in [0.15, 0.2) is 42.6 Å². The number of hydrogen-bond donors (Lipinski definition) is 2. The van der Waals surface area contributed by atoms with Crippen LogP contribution in [0.2, 0.25) is 0 Å². The molecule has 1 amide bonds. The lowest BCUT2D eigenvalue weighted by Crippen LogP contribution is -2.43. The molecule has 0 radical (unpaired) electrons. The highest BCUT2D eigenvalue weighted by Crippen LogP contribution is 2.21. The van der Waals surface area contributed by atoms with Crippen LogP contribution in [-0.2, 0) is 16.0 Å². The van der Waals surface area contributed by atoms with Crippen molar-refractivity contribution < 1.29 is 14.7 Å². The number of aromatic nitrogens is 1. The summed E-state index contributed by atoms with van der Waals surface area (Å²) in [6.45, 7) is 2.26. The predicted molar refractivity (Wildman–Crippen MR) is 146 cm³/mol. The molecule has 0 aliphatic carbocycles. The van der Waals surface area contributed by atoms with Gasteiger partial charge >= 0.3 is 5.97 Å². The maximum Gasteiger partial charge on any atom is 0.326 e. The Balaban J connectivity index is 1.58. The number of aromatic amines is 1. The summed E-state index contributed by atoms with van der Waals surface area (Å²) in [6, 6.07) is 6.98. The molecule has 0 aliphatic heterocycles. The zero-order valence-corrected chi connectivity index (χ0v) is 21.9. The number of rotatable bonds is 19. The van der Waals surface area contributed by atoms with Crippen molar-refractivity contribution in [2.45, 2.75) is 109 Å². The summed E-state index contributed by atoms with van der Waals surface area (Å²) in [5, 5.41) is 10.8. The number of para-hydroxylation sites is 1. The summed E-state index contributed by atoms with van der Waals surface area (Å²) in [6.07, 6.45) is 23.0. The van der Waals surface area contributed by atoms with Crippen LogP contribution < -0.4 is 0 Å². The zero-order chi connectivity index (χ0) is 25.3. The van der Waals surface area contributed by atoms with E-state index in [4.69, 9.17) is 0 Å². The highest BCUT2D eigenvalue weighted by atomic mass is 16.4. The summed E-state index contributed by atoms with van der Waals surface area (Å²) >= 11 is 0. The molecule has 35 heavy (non-hydrogen) atoms. The van der Waals surface area contributed by atoms with Crippen LogP contribution in [-0.4, -0.2) is 40.0 Å². The molecule has 2 rings (SSSR count). The Kier molecular flexibility index (Phi) is 13.9. The minimum atomic E-state index is -0.962. The quantitative estimate of drug-likeness (QED) is 0.159. The molecule has 2 N–H and O–H groups in total. The molecule has 5 nitrogen and oxygen atoms in total. The summed E-state index contributed by atoms with van der Waals surface area (Å²) < 4.78 is 0. The Hall–Kier alpha value is -2.56. The number of likely N-dealkylation sites (N-methyl/N-ethyl adjacent to an activating group) is 1. The molecule has 1 aromatic heterocycles. The topological polar surface area (TPSA) is 73.4 Å². The molecular weight excluding hydrogens is 436 g/mol. The van der Waals surface area contributed by atoms with Gasteiger partial charge in [0, 0.05) is 37.0 Å². The second-order valence-electron chi connectivity index (χ2n) is 9.76. The van der Waals surface area contributed by atoms with Gasteiger partial charge in [-0.15, -0.1) is 0 Å². The van der Waals surface area contributed by atoms with Gasteiger partial charge in [0.05, 0.1) is 0 Å². The highest BCUT2D eigenvalue weighted by Gasteiger charge is 2.27. The van der Waals surface area contributed by atoms with Gasteiger partial charge in [0.1, 0.15) is 6.04 Å². The number of allylic oxidation sites excluding steroid dienone is 2. The van der Waals surface area contributed by atoms with Crippen LogP contribution in [0.1, 0.15) is 102 Å². The van der Waals surface area contributed by atoms with Crippen molar-refractivity contribution >= 4 is 22.8 Å². The lowest BCUT2D eigenvalue weighted by molar-refractivity contribution is -0.149. The number of carbonyl (C=O) groups excluding carboxylic acids is 1. The van der Waals surface area contributed by atoms with Gasteiger partial charge in [-0.1, -0.05) is 88.6 Å². The van der Waals surface area contributed by atoms with Crippen molar-refractivity contribution in [2.24, 2.45) is 0 Å². The van der Waals surface area contributed by atoms with E-state index in [1.54, 1.807) is 7.05 Å². The molecule has 1 aromatic carbocycles. The second kappa shape index (κ2) is 17.0. The van der Waals surface area contributed by atoms with Gasteiger partial charge in [-0.3, -0.25) is 4.79 Å². The molecule has 0 saturated heterocycles. The third-order valence-electron chi connectivity index (χ3n) is 6.89. The Morgan fingerprint density at radius 3 is 2.17 bits per heavy atom. The molecule has 0 spiro atoms. The Morgan fingerprint density at radius 2 is 1.51 bits per heavy atom. The first-order valence-electron chi connectivity index (χ1n) is 13.7. The van der Waals surface area contributed by atoms with Gasteiger partial charge in [0.15, 0.2) is 0 Å². The van der Waals surface area contributed by atoms with E-state index in [0.29, 0.717) is 12.8 Å². The summed E-state index contributed by atoms with van der Waals surface area (Å²) in [7, 11) is 1.62. The second-order valence-corrected chi connectivity index (χ2v) is 9.76. The lowest BCUT2D eigenvalue weighted by Gasteiger charge is -2.25. The van der Waals surface area contributed by atoms with Crippen LogP contribution in [0.5, 0.6) is 0 Å². The number of nitrogens with one attached hydrogen (secondary N) is 1. The fourth-order valence-corrected chi connectivity index (χ4v) is 4.60. The minimum absolute atomic E-state index is 0.0881. The number of amides is 1. The molecule has 194 valence electrons. The van der Waals surface area contributed by atoms with E-state index in [2.05, 4.69) is 24.1 Å². The van der Waals surface area contributed by atoms with Gasteiger partial charge in [-0.25, -0.2) is 4.79 Å². The number of benzene rings is 1. The third kappa shape index (κ3) is 10.7. The highest BCUT2D eigenvalue weighted by molar-refractivity contribution is 5.86. The van der Waals surface area contributed by atoms with Crippen LogP contribution in [0.4, 0.5) is 0 Å². The number of unbranched alkanes of at least 4 members (excludes halogenated alkanes) is 11. The van der Waals surface area contributed by atoms with Crippen molar-refractivity contribution in [1.82, 2.24) is 9.88 Å². The average molecular weight is 483 g/mol. The molecule has 2 aromatic rings. The smallest absolute Gasteiger partial charge is 0.326 e. The lowest BCUT2D eigenvalue weighted by atomic mass is 10.0. The first-order chi connectivity index (χ1) is 17.0. The van der Waals surface area contributed by atoms with Gasteiger partial charge in [0.2, 0.25) is 5.91 Å². The van der Waals surface area contributed by atoms with Crippen molar-refractivity contribution in [1.29, 1.82) is 0 Å². The van der Waals surface area contributed by atoms with E-state index >= 15 is 0 Å². The van der Waals surface area contributed by atoms with Crippen molar-refractivity contribution in [3.63, 3.8) is 0 Å². The molecule has 0 bridgehead atoms. The van der Waals surface area contributed by atoms with Crippen LogP contribution in [0.3, 0.4) is 0 Å². The number of aliphatic carboxylic acids is 1. The molecular formula is C30H46N2O3. The summed E-state index contributed by atoms with van der Waals surface area (Å²) in [5.41, 5.74) is 1.91. The maximum absolute atomic E-state index is 12.7. The van der Waals surface area contributed by atoms with Crippen LogP contribution in [0, 0.1) is 0 Å². The van der Waals surface area contributed by atoms with Crippen molar-refractivity contribution in [3.8, 4) is 0 Å². The van der Waals surface area contributed by atoms with E-state index in [1.807, 2.05) is 30.5 Å². The minimum Gasteiger partial charge on any atom is -0.480 e. The van der Waals surface area contributed by atoms with E-state index in [0.717, 1.165) is 42.1 Å². The van der Waals surface area contributed by atoms with E-state index in [-0.39, 0.29) is 5.91 Å². The first-order valence-corrected chi connectivity index (χ1v) is 13.7. The van der Waals surface area contributed by atoms with Crippen molar-refractivity contribution in [2.75, 3.05) is 7.05 Å². The Labute approximate surface area is 212 Å². The van der Waals surface area contributed by atoms with Gasteiger partial charge in [-0.05, 0) is 43.7 Å². The fourth-order valence-electron chi connectivity index (χ4n) is 4.60. The molecule has 1 atom stereocenters. The van der Waals surface area contributed by atoms with Crippen LogP contribution >= 0.6 is 0 Å². The molecule has 1 heterocycles. The Morgan fingerprint density at radius 1 is 0.914 bits per heavy atom. The zero-order valence-electron chi connectivity index (χ0n) is 21.9. The van der Waals surface area contributed by atoms with Crippen molar-refractivity contribution in [3.05, 3.63) is 48.2 Å². The van der Waals surface area contributed by atoms with E-state index in [9.17, 15) is 14.7 Å². The van der Waals surface area contributed by atoms with Gasteiger partial charge in [0.25, 0.3) is 0 Å². The fraction of sp³-hybridized carbons (Fsp3) is 0.600. The number of hydrogen-bond acceptors (Lipinski definition) is 2. The largest absolute Gasteiger partial charge is 0.480 e. The normalized spacial score (nSPS) is 12.4. The van der Waals surface area contributed by atoms with E-state index < -0.39 is 12.0 Å². The molecule has 0 aliphatic rings. The SMILES string of the molecule is CCCCCCCC/C=C\CCCCCCCC(=O)N(C)C(Cc1c[nH]c2ccccc12)C(=O)O. The first kappa shape index (κ1) is 28.7. The number of carboxylic acid groups (broad SMARTS) is 1. The maximum atomic E-state index is 12.7. The molecule has 0 saturated carbocycles. The number of fused-ring (bicyclic) bond motifs is 1. The number of carboxylic acids is 1. The Bertz CT molecular complexity index is 902. The number of nitrogens with zero attached hydrogens (tertiary/aromatic N) is 1. The van der Waals surface area contributed by atoms with Crippen LogP contribution in [0.25, 0.3) is 10.9 Å².